The number of benzene rings is 1. The normalized spacial score (nSPS) is 23.0. The minimum absolute atomic E-state index is 0.0733. The van der Waals surface area contributed by atoms with Gasteiger partial charge in [0.05, 0.1) is 0 Å². The highest BCUT2D eigenvalue weighted by atomic mass is 16.2. The third-order valence-corrected chi connectivity index (χ3v) is 6.49. The van der Waals surface area contributed by atoms with Crippen LogP contribution in [0.4, 0.5) is 0 Å². The Hall–Kier alpha value is -1.35. The Labute approximate surface area is 159 Å². The first kappa shape index (κ1) is 19.4. The second-order valence-corrected chi connectivity index (χ2v) is 9.35. The Balaban J connectivity index is 1.47. The quantitative estimate of drug-likeness (QED) is 0.803. The lowest BCUT2D eigenvalue weighted by Gasteiger charge is -2.44. The van der Waals surface area contributed by atoms with E-state index in [9.17, 15) is 4.79 Å². The molecule has 3 nitrogen and oxygen atoms in total. The number of hydrogen-bond acceptors (Lipinski definition) is 2. The van der Waals surface area contributed by atoms with Crippen molar-refractivity contribution in [1.29, 1.82) is 0 Å². The molecule has 1 aromatic rings. The number of nitrogens with zero attached hydrogens (tertiary/aromatic N) is 2. The van der Waals surface area contributed by atoms with Crippen LogP contribution in [0.3, 0.4) is 0 Å². The highest BCUT2D eigenvalue weighted by Gasteiger charge is 2.32. The maximum Gasteiger partial charge on any atom is 0.225 e. The zero-order valence-corrected chi connectivity index (χ0v) is 17.1. The largest absolute Gasteiger partial charge is 0.342 e. The van der Waals surface area contributed by atoms with E-state index in [-0.39, 0.29) is 5.92 Å². The molecular formula is C23H36N2O. The Morgan fingerprint density at radius 1 is 1.15 bits per heavy atom. The van der Waals surface area contributed by atoms with Crippen molar-refractivity contribution in [2.24, 2.45) is 11.3 Å². The average molecular weight is 357 g/mol. The topological polar surface area (TPSA) is 23.6 Å². The molecule has 3 rings (SSSR count). The van der Waals surface area contributed by atoms with Crippen molar-refractivity contribution < 1.29 is 4.79 Å². The van der Waals surface area contributed by atoms with Crippen molar-refractivity contribution in [2.45, 2.75) is 65.8 Å². The van der Waals surface area contributed by atoms with Crippen molar-refractivity contribution in [3.63, 3.8) is 0 Å². The lowest BCUT2D eigenvalue weighted by Crippen LogP contribution is -2.50. The second-order valence-electron chi connectivity index (χ2n) is 9.35. The molecule has 2 heterocycles. The Bertz CT molecular complexity index is 606. The number of hydrogen-bond donors (Lipinski definition) is 0. The van der Waals surface area contributed by atoms with Crippen LogP contribution in [0.1, 0.15) is 57.6 Å². The zero-order chi connectivity index (χ0) is 18.7. The predicted octanol–water partition coefficient (Wildman–Crippen LogP) is 4.29. The fourth-order valence-electron chi connectivity index (χ4n) is 4.54. The van der Waals surface area contributed by atoms with Crippen LogP contribution in [0.25, 0.3) is 0 Å². The molecular weight excluding hydrogens is 320 g/mol. The van der Waals surface area contributed by atoms with E-state index in [0.29, 0.717) is 17.4 Å². The third-order valence-electron chi connectivity index (χ3n) is 6.49. The summed E-state index contributed by atoms with van der Waals surface area (Å²) >= 11 is 0. The van der Waals surface area contributed by atoms with Crippen LogP contribution in [0.15, 0.2) is 24.3 Å². The minimum Gasteiger partial charge on any atom is -0.342 e. The molecule has 0 radical (unpaired) electrons. The molecule has 0 aromatic heterocycles. The monoisotopic (exact) mass is 356 g/mol. The van der Waals surface area contributed by atoms with Gasteiger partial charge in [0.1, 0.15) is 0 Å². The van der Waals surface area contributed by atoms with Gasteiger partial charge in [-0.2, -0.15) is 0 Å². The predicted molar refractivity (Wildman–Crippen MR) is 108 cm³/mol. The zero-order valence-electron chi connectivity index (χ0n) is 17.1. The Morgan fingerprint density at radius 2 is 1.81 bits per heavy atom. The fourth-order valence-corrected chi connectivity index (χ4v) is 4.54. The standard InChI is InChI=1S/C23H36N2O/c1-18-6-5-7-20(16-18)17-19(2)22(26)25-12-8-21(9-13-25)24-14-10-23(3,4)11-15-24/h5-7,16,19,21H,8-15,17H2,1-4H3/t19-/m1/s1. The summed E-state index contributed by atoms with van der Waals surface area (Å²) in [4.78, 5) is 17.7. The summed E-state index contributed by atoms with van der Waals surface area (Å²) in [6.45, 7) is 13.3. The number of likely N-dealkylation sites (tertiary alicyclic amines) is 2. The summed E-state index contributed by atoms with van der Waals surface area (Å²) in [5.74, 6) is 0.411. The van der Waals surface area contributed by atoms with Gasteiger partial charge in [-0.3, -0.25) is 4.79 Å². The Kier molecular flexibility index (Phi) is 6.06. The van der Waals surface area contributed by atoms with Crippen molar-refractivity contribution in [3.05, 3.63) is 35.4 Å². The molecule has 1 amide bonds. The third kappa shape index (κ3) is 4.88. The lowest BCUT2D eigenvalue weighted by atomic mass is 9.82. The van der Waals surface area contributed by atoms with E-state index >= 15 is 0 Å². The van der Waals surface area contributed by atoms with Crippen LogP contribution in [0.2, 0.25) is 0 Å². The maximum atomic E-state index is 12.9. The molecule has 3 heteroatoms. The van der Waals surface area contributed by atoms with Gasteiger partial charge in [-0.05, 0) is 63.1 Å². The fraction of sp³-hybridized carbons (Fsp3) is 0.696. The SMILES string of the molecule is Cc1cccc(C[C@@H](C)C(=O)N2CCC(N3CCC(C)(C)CC3)CC2)c1. The molecule has 0 spiro atoms. The van der Waals surface area contributed by atoms with E-state index in [1.807, 2.05) is 0 Å². The van der Waals surface area contributed by atoms with Crippen molar-refractivity contribution in [3.8, 4) is 0 Å². The van der Waals surface area contributed by atoms with Crippen LogP contribution in [-0.4, -0.2) is 47.9 Å². The van der Waals surface area contributed by atoms with E-state index < -0.39 is 0 Å². The summed E-state index contributed by atoms with van der Waals surface area (Å²) < 4.78 is 0. The first-order valence-corrected chi connectivity index (χ1v) is 10.4. The van der Waals surface area contributed by atoms with Gasteiger partial charge in [-0.15, -0.1) is 0 Å². The van der Waals surface area contributed by atoms with Crippen molar-refractivity contribution in [2.75, 3.05) is 26.2 Å². The van der Waals surface area contributed by atoms with E-state index in [4.69, 9.17) is 0 Å². The van der Waals surface area contributed by atoms with Crippen molar-refractivity contribution >= 4 is 5.91 Å². The van der Waals surface area contributed by atoms with Gasteiger partial charge in [0, 0.05) is 25.0 Å². The molecule has 0 unspecified atom stereocenters. The number of amides is 1. The molecule has 0 saturated carbocycles. The number of aryl methyl sites for hydroxylation is 1. The summed E-state index contributed by atoms with van der Waals surface area (Å²) in [5, 5.41) is 0. The van der Waals surface area contributed by atoms with Crippen LogP contribution in [0, 0.1) is 18.3 Å². The molecule has 0 N–H and O–H groups in total. The molecule has 144 valence electrons. The summed E-state index contributed by atoms with van der Waals surface area (Å²) in [6.07, 6.45) is 5.74. The van der Waals surface area contributed by atoms with E-state index in [0.717, 1.165) is 32.4 Å². The van der Waals surface area contributed by atoms with E-state index in [1.54, 1.807) is 0 Å². The van der Waals surface area contributed by atoms with E-state index in [2.05, 4.69) is 61.8 Å². The van der Waals surface area contributed by atoms with Gasteiger partial charge in [0.2, 0.25) is 5.91 Å². The van der Waals surface area contributed by atoms with Crippen LogP contribution in [-0.2, 0) is 11.2 Å². The first-order valence-electron chi connectivity index (χ1n) is 10.4. The van der Waals surface area contributed by atoms with Gasteiger partial charge in [-0.25, -0.2) is 0 Å². The average Bonchev–Trinajstić information content (AvgIpc) is 2.61. The van der Waals surface area contributed by atoms with Gasteiger partial charge in [0.15, 0.2) is 0 Å². The molecule has 26 heavy (non-hydrogen) atoms. The molecule has 2 fully saturated rings. The lowest BCUT2D eigenvalue weighted by molar-refractivity contribution is -0.136. The van der Waals surface area contributed by atoms with Gasteiger partial charge in [0.25, 0.3) is 0 Å². The van der Waals surface area contributed by atoms with Crippen molar-refractivity contribution in [1.82, 2.24) is 9.80 Å². The first-order chi connectivity index (χ1) is 12.3. The van der Waals surface area contributed by atoms with Crippen LogP contribution in [0.5, 0.6) is 0 Å². The molecule has 0 aliphatic carbocycles. The molecule has 1 aromatic carbocycles. The smallest absolute Gasteiger partial charge is 0.225 e. The molecule has 2 aliphatic rings. The van der Waals surface area contributed by atoms with Gasteiger partial charge in [-0.1, -0.05) is 50.6 Å². The molecule has 1 atom stereocenters. The number of carbonyl (C=O) groups excluding carboxylic acids is 1. The summed E-state index contributed by atoms with van der Waals surface area (Å²) in [7, 11) is 0. The molecule has 0 bridgehead atoms. The number of carbonyl (C=O) groups is 1. The van der Waals surface area contributed by atoms with Crippen LogP contribution >= 0.6 is 0 Å². The Morgan fingerprint density at radius 3 is 2.42 bits per heavy atom. The summed E-state index contributed by atoms with van der Waals surface area (Å²) in [6, 6.07) is 9.23. The molecule has 2 saturated heterocycles. The summed E-state index contributed by atoms with van der Waals surface area (Å²) in [5.41, 5.74) is 3.06. The van der Waals surface area contributed by atoms with Gasteiger partial charge < -0.3 is 9.80 Å². The highest BCUT2D eigenvalue weighted by Crippen LogP contribution is 2.32. The maximum absolute atomic E-state index is 12.9. The number of rotatable bonds is 4. The van der Waals surface area contributed by atoms with Gasteiger partial charge >= 0.3 is 0 Å². The second kappa shape index (κ2) is 8.12. The molecule has 2 aliphatic heterocycles. The van der Waals surface area contributed by atoms with Crippen LogP contribution < -0.4 is 0 Å². The minimum atomic E-state index is 0.0733. The number of piperidine rings is 2. The van der Waals surface area contributed by atoms with E-state index in [1.165, 1.54) is 37.1 Å². The highest BCUT2D eigenvalue weighted by molar-refractivity contribution is 5.78.